The number of amides is 1. The number of hydrogen-bond acceptors (Lipinski definition) is 2. The van der Waals surface area contributed by atoms with Gasteiger partial charge in [-0.05, 0) is 36.1 Å². The van der Waals surface area contributed by atoms with Gasteiger partial charge in [0, 0.05) is 23.6 Å². The summed E-state index contributed by atoms with van der Waals surface area (Å²) in [6.07, 6.45) is 3.68. The predicted octanol–water partition coefficient (Wildman–Crippen LogP) is 3.47. The zero-order valence-corrected chi connectivity index (χ0v) is 13.8. The number of carbonyl (C=O) groups excluding carboxylic acids is 1. The van der Waals surface area contributed by atoms with Crippen molar-refractivity contribution in [2.45, 2.75) is 19.8 Å². The van der Waals surface area contributed by atoms with Gasteiger partial charge >= 0.3 is 0 Å². The summed E-state index contributed by atoms with van der Waals surface area (Å²) < 4.78 is 5.63. The molecular weight excluding hydrogens is 300 g/mol. The minimum Gasteiger partial charge on any atom is -0.483 e. The number of carbonyl (C=O) groups is 1. The lowest BCUT2D eigenvalue weighted by atomic mass is 10.1. The number of aromatic nitrogens is 1. The van der Waals surface area contributed by atoms with E-state index in [-0.39, 0.29) is 12.5 Å². The number of ether oxygens (including phenoxy) is 1. The van der Waals surface area contributed by atoms with Gasteiger partial charge in [0.05, 0.1) is 0 Å². The quantitative estimate of drug-likeness (QED) is 0.700. The molecule has 0 fully saturated rings. The van der Waals surface area contributed by atoms with E-state index >= 15 is 0 Å². The van der Waals surface area contributed by atoms with E-state index in [2.05, 4.69) is 29.4 Å². The third-order valence-corrected chi connectivity index (χ3v) is 4.10. The maximum atomic E-state index is 12.0. The molecule has 1 amide bonds. The van der Waals surface area contributed by atoms with Crippen molar-refractivity contribution < 1.29 is 9.53 Å². The van der Waals surface area contributed by atoms with Gasteiger partial charge in [0.15, 0.2) is 6.61 Å². The van der Waals surface area contributed by atoms with Gasteiger partial charge in [-0.1, -0.05) is 43.3 Å². The Kier molecular flexibility index (Phi) is 5.16. The number of benzene rings is 2. The van der Waals surface area contributed by atoms with Crippen LogP contribution in [-0.2, 0) is 17.6 Å². The van der Waals surface area contributed by atoms with E-state index in [0.29, 0.717) is 6.54 Å². The van der Waals surface area contributed by atoms with Crippen LogP contribution in [0.4, 0.5) is 0 Å². The van der Waals surface area contributed by atoms with Crippen LogP contribution in [0.1, 0.15) is 18.1 Å². The van der Waals surface area contributed by atoms with E-state index in [1.165, 1.54) is 10.9 Å². The van der Waals surface area contributed by atoms with Gasteiger partial charge in [-0.2, -0.15) is 0 Å². The predicted molar refractivity (Wildman–Crippen MR) is 96.3 cm³/mol. The first kappa shape index (κ1) is 16.1. The smallest absolute Gasteiger partial charge is 0.257 e. The summed E-state index contributed by atoms with van der Waals surface area (Å²) >= 11 is 0. The molecule has 24 heavy (non-hydrogen) atoms. The molecule has 0 spiro atoms. The Morgan fingerprint density at radius 3 is 2.75 bits per heavy atom. The highest BCUT2D eigenvalue weighted by molar-refractivity contribution is 5.83. The van der Waals surface area contributed by atoms with Crippen LogP contribution in [0, 0.1) is 0 Å². The van der Waals surface area contributed by atoms with Crippen LogP contribution in [0.3, 0.4) is 0 Å². The summed E-state index contributed by atoms with van der Waals surface area (Å²) in [7, 11) is 0. The fourth-order valence-corrected chi connectivity index (χ4v) is 2.81. The Balaban J connectivity index is 1.47. The molecule has 3 aromatic rings. The minimum atomic E-state index is -0.0965. The summed E-state index contributed by atoms with van der Waals surface area (Å²) in [4.78, 5) is 15.2. The second kappa shape index (κ2) is 7.68. The van der Waals surface area contributed by atoms with Crippen LogP contribution in [0.25, 0.3) is 10.9 Å². The van der Waals surface area contributed by atoms with Crippen molar-refractivity contribution in [1.29, 1.82) is 0 Å². The van der Waals surface area contributed by atoms with Gasteiger partial charge in [-0.25, -0.2) is 0 Å². The van der Waals surface area contributed by atoms with Crippen molar-refractivity contribution in [3.8, 4) is 5.75 Å². The van der Waals surface area contributed by atoms with Gasteiger partial charge in [0.2, 0.25) is 0 Å². The second-order valence-electron chi connectivity index (χ2n) is 5.71. The SMILES string of the molecule is CCc1ccccc1OCC(=O)NCCc1c[nH]c2ccccc12. The molecule has 4 nitrogen and oxygen atoms in total. The molecule has 4 heteroatoms. The van der Waals surface area contributed by atoms with Crippen molar-refractivity contribution in [3.63, 3.8) is 0 Å². The number of aryl methyl sites for hydroxylation is 1. The topological polar surface area (TPSA) is 54.1 Å². The standard InChI is InChI=1S/C20H22N2O2/c1-2-15-7-3-6-10-19(15)24-14-20(23)21-12-11-16-13-22-18-9-5-4-8-17(16)18/h3-10,13,22H,2,11-12,14H2,1H3,(H,21,23). The molecule has 0 atom stereocenters. The molecule has 124 valence electrons. The maximum Gasteiger partial charge on any atom is 0.257 e. The lowest BCUT2D eigenvalue weighted by Crippen LogP contribution is -2.30. The number of hydrogen-bond donors (Lipinski definition) is 2. The average Bonchev–Trinajstić information content (AvgIpc) is 3.03. The molecule has 0 aliphatic carbocycles. The fourth-order valence-electron chi connectivity index (χ4n) is 2.81. The number of para-hydroxylation sites is 2. The van der Waals surface area contributed by atoms with Crippen molar-refractivity contribution in [3.05, 3.63) is 65.9 Å². The molecule has 0 saturated carbocycles. The van der Waals surface area contributed by atoms with Crippen LogP contribution >= 0.6 is 0 Å². The van der Waals surface area contributed by atoms with Crippen molar-refractivity contribution in [1.82, 2.24) is 10.3 Å². The zero-order valence-electron chi connectivity index (χ0n) is 13.8. The third kappa shape index (κ3) is 3.77. The van der Waals surface area contributed by atoms with Gasteiger partial charge in [0.1, 0.15) is 5.75 Å². The molecule has 0 saturated heterocycles. The first-order chi connectivity index (χ1) is 11.8. The van der Waals surface area contributed by atoms with Crippen LogP contribution in [0.2, 0.25) is 0 Å². The van der Waals surface area contributed by atoms with E-state index in [9.17, 15) is 4.79 Å². The molecule has 0 unspecified atom stereocenters. The van der Waals surface area contributed by atoms with Crippen molar-refractivity contribution in [2.24, 2.45) is 0 Å². The molecule has 2 aromatic carbocycles. The Morgan fingerprint density at radius 2 is 1.88 bits per heavy atom. The molecule has 3 rings (SSSR count). The van der Waals surface area contributed by atoms with E-state index < -0.39 is 0 Å². The van der Waals surface area contributed by atoms with Crippen molar-refractivity contribution in [2.75, 3.05) is 13.2 Å². The summed E-state index contributed by atoms with van der Waals surface area (Å²) in [6, 6.07) is 16.0. The van der Waals surface area contributed by atoms with Gasteiger partial charge in [-0.15, -0.1) is 0 Å². The second-order valence-corrected chi connectivity index (χ2v) is 5.71. The minimum absolute atomic E-state index is 0.0465. The first-order valence-electron chi connectivity index (χ1n) is 8.30. The highest BCUT2D eigenvalue weighted by Gasteiger charge is 2.07. The molecule has 0 aliphatic rings. The number of H-pyrrole nitrogens is 1. The van der Waals surface area contributed by atoms with Crippen LogP contribution in [0.15, 0.2) is 54.7 Å². The van der Waals surface area contributed by atoms with Crippen LogP contribution in [0.5, 0.6) is 5.75 Å². The van der Waals surface area contributed by atoms with E-state index in [1.54, 1.807) is 0 Å². The maximum absolute atomic E-state index is 12.0. The molecule has 1 aromatic heterocycles. The third-order valence-electron chi connectivity index (χ3n) is 4.10. The number of rotatable bonds is 7. The summed E-state index contributed by atoms with van der Waals surface area (Å²) in [5, 5.41) is 4.12. The molecular formula is C20H22N2O2. The summed E-state index contributed by atoms with van der Waals surface area (Å²) in [5.41, 5.74) is 3.45. The highest BCUT2D eigenvalue weighted by atomic mass is 16.5. The average molecular weight is 322 g/mol. The molecule has 0 radical (unpaired) electrons. The summed E-state index contributed by atoms with van der Waals surface area (Å²) in [5.74, 6) is 0.688. The van der Waals surface area contributed by atoms with Gasteiger partial charge in [-0.3, -0.25) is 4.79 Å². The Bertz CT molecular complexity index is 823. The lowest BCUT2D eigenvalue weighted by Gasteiger charge is -2.10. The zero-order chi connectivity index (χ0) is 16.8. The Morgan fingerprint density at radius 1 is 1.08 bits per heavy atom. The van der Waals surface area contributed by atoms with E-state index in [4.69, 9.17) is 4.74 Å². The first-order valence-corrected chi connectivity index (χ1v) is 8.30. The normalized spacial score (nSPS) is 10.7. The molecule has 0 aliphatic heterocycles. The number of fused-ring (bicyclic) bond motifs is 1. The molecule has 2 N–H and O–H groups in total. The summed E-state index contributed by atoms with van der Waals surface area (Å²) in [6.45, 7) is 2.72. The monoisotopic (exact) mass is 322 g/mol. The fraction of sp³-hybridized carbons (Fsp3) is 0.250. The highest BCUT2D eigenvalue weighted by Crippen LogP contribution is 2.18. The molecule has 1 heterocycles. The van der Waals surface area contributed by atoms with Crippen LogP contribution in [-0.4, -0.2) is 24.0 Å². The number of aromatic amines is 1. The number of nitrogens with one attached hydrogen (secondary N) is 2. The largest absolute Gasteiger partial charge is 0.483 e. The Hall–Kier alpha value is -2.75. The van der Waals surface area contributed by atoms with E-state index in [0.717, 1.165) is 29.7 Å². The Labute approximate surface area is 141 Å². The van der Waals surface area contributed by atoms with Gasteiger partial charge < -0.3 is 15.0 Å². The van der Waals surface area contributed by atoms with E-state index in [1.807, 2.05) is 42.6 Å². The molecule has 0 bridgehead atoms. The van der Waals surface area contributed by atoms with Crippen LogP contribution < -0.4 is 10.1 Å². The van der Waals surface area contributed by atoms with Crippen molar-refractivity contribution >= 4 is 16.8 Å². The lowest BCUT2D eigenvalue weighted by molar-refractivity contribution is -0.123. The van der Waals surface area contributed by atoms with Gasteiger partial charge in [0.25, 0.3) is 5.91 Å².